The molecule has 3 N–H and O–H groups in total. The van der Waals surface area contributed by atoms with Crippen LogP contribution >= 0.6 is 27.5 Å². The average molecular weight is 638 g/mol. The number of hydrogen-bond donors (Lipinski definition) is 3. The summed E-state index contributed by atoms with van der Waals surface area (Å²) in [6.45, 7) is 7.16. The lowest BCUT2D eigenvalue weighted by atomic mass is 9.91. The molecule has 4 unspecified atom stereocenters. The van der Waals surface area contributed by atoms with Crippen LogP contribution in [0.2, 0.25) is 5.02 Å². The molecule has 0 radical (unpaired) electrons. The van der Waals surface area contributed by atoms with Crippen molar-refractivity contribution in [2.45, 2.75) is 70.0 Å². The third-order valence-corrected chi connectivity index (χ3v) is 7.39. The fourth-order valence-corrected chi connectivity index (χ4v) is 4.95. The molecule has 40 heavy (non-hydrogen) atoms. The topological polar surface area (TPSA) is 142 Å². The standard InChI is InChI=1S/C26H30BrClN6O6/c1-13-30-23(34(33-13)15-10-16(28)22(27)29-11-15)21-19(35)18(31-32-25(36)40-26(2,3)4)20-17(38-21)12-37-24(39-20)14-8-6-5-7-9-14/h5-11,17-21,24,31,35H,12H2,1-4H3,(H,32,36)/t17?,18?,19?,20-,21+,24?/m0/s1. The molecule has 5 rings (SSSR count). The minimum Gasteiger partial charge on any atom is -0.443 e. The molecular formula is C26H30BrClN6O6. The maximum Gasteiger partial charge on any atom is 0.422 e. The van der Waals surface area contributed by atoms with Crippen molar-refractivity contribution in [3.63, 3.8) is 0 Å². The van der Waals surface area contributed by atoms with Crippen molar-refractivity contribution in [3.8, 4) is 5.69 Å². The maximum absolute atomic E-state index is 12.5. The Balaban J connectivity index is 1.45. The summed E-state index contributed by atoms with van der Waals surface area (Å²) in [4.78, 5) is 21.3. The Morgan fingerprint density at radius 3 is 2.70 bits per heavy atom. The smallest absolute Gasteiger partial charge is 0.422 e. The van der Waals surface area contributed by atoms with E-state index in [2.05, 4.69) is 41.8 Å². The van der Waals surface area contributed by atoms with E-state index in [9.17, 15) is 9.90 Å². The van der Waals surface area contributed by atoms with Gasteiger partial charge in [0.1, 0.15) is 40.4 Å². The van der Waals surface area contributed by atoms with E-state index in [1.165, 1.54) is 4.68 Å². The van der Waals surface area contributed by atoms with Crippen molar-refractivity contribution in [1.29, 1.82) is 0 Å². The number of nitrogens with zero attached hydrogens (tertiary/aromatic N) is 4. The number of halogens is 2. The van der Waals surface area contributed by atoms with Crippen molar-refractivity contribution >= 4 is 33.6 Å². The fourth-order valence-electron chi connectivity index (χ4n) is 4.58. The first-order valence-corrected chi connectivity index (χ1v) is 13.8. The van der Waals surface area contributed by atoms with Crippen LogP contribution < -0.4 is 10.9 Å². The summed E-state index contributed by atoms with van der Waals surface area (Å²) in [5, 5.41) is 16.5. The van der Waals surface area contributed by atoms with Crippen LogP contribution in [0.25, 0.3) is 5.69 Å². The van der Waals surface area contributed by atoms with Crippen LogP contribution in [-0.2, 0) is 18.9 Å². The van der Waals surface area contributed by atoms with Gasteiger partial charge in [-0.1, -0.05) is 41.9 Å². The number of carbonyl (C=O) groups excluding carboxylic acids is 1. The molecule has 12 nitrogen and oxygen atoms in total. The van der Waals surface area contributed by atoms with Crippen molar-refractivity contribution in [2.24, 2.45) is 0 Å². The van der Waals surface area contributed by atoms with Gasteiger partial charge in [-0.05, 0) is 49.7 Å². The lowest BCUT2D eigenvalue weighted by Crippen LogP contribution is -2.66. The number of aliphatic hydroxyl groups excluding tert-OH is 1. The molecule has 2 aromatic heterocycles. The van der Waals surface area contributed by atoms with Gasteiger partial charge >= 0.3 is 6.09 Å². The first-order chi connectivity index (χ1) is 19.0. The number of hydrogen-bond acceptors (Lipinski definition) is 10. The van der Waals surface area contributed by atoms with Gasteiger partial charge in [0.05, 0.1) is 29.6 Å². The van der Waals surface area contributed by atoms with Gasteiger partial charge in [-0.2, -0.15) is 5.10 Å². The molecular weight excluding hydrogens is 608 g/mol. The van der Waals surface area contributed by atoms with Gasteiger partial charge in [-0.25, -0.2) is 24.9 Å². The Morgan fingerprint density at radius 2 is 2.00 bits per heavy atom. The molecule has 1 aromatic carbocycles. The molecule has 2 saturated heterocycles. The number of carbonyl (C=O) groups is 1. The summed E-state index contributed by atoms with van der Waals surface area (Å²) >= 11 is 9.58. The first-order valence-electron chi connectivity index (χ1n) is 12.6. The SMILES string of the molecule is Cc1nc([C@@H]2OC3COC(c4ccccc4)O[C@@H]3C(NNC(=O)OC(C)(C)C)C2O)n(-c2cnc(Br)c(Cl)c2)n1. The minimum absolute atomic E-state index is 0.164. The quantitative estimate of drug-likeness (QED) is 0.280. The number of fused-ring (bicyclic) bond motifs is 1. The molecule has 6 atom stereocenters. The maximum atomic E-state index is 12.5. The van der Waals surface area contributed by atoms with Gasteiger partial charge in [0, 0.05) is 5.56 Å². The number of aryl methyl sites for hydroxylation is 1. The Kier molecular flexibility index (Phi) is 8.43. The van der Waals surface area contributed by atoms with Crippen LogP contribution in [0, 0.1) is 6.92 Å². The highest BCUT2D eigenvalue weighted by atomic mass is 79.9. The molecule has 1 amide bonds. The fraction of sp³-hybridized carbons (Fsp3) is 0.462. The minimum atomic E-state index is -1.24. The Hall–Kier alpha value is -2.65. The highest BCUT2D eigenvalue weighted by Crippen LogP contribution is 2.39. The predicted molar refractivity (Wildman–Crippen MR) is 147 cm³/mol. The molecule has 3 aromatic rings. The van der Waals surface area contributed by atoms with E-state index in [1.807, 2.05) is 30.3 Å². The van der Waals surface area contributed by atoms with Crippen LogP contribution in [0.3, 0.4) is 0 Å². The zero-order valence-corrected chi connectivity index (χ0v) is 24.6. The lowest BCUT2D eigenvalue weighted by molar-refractivity contribution is -0.313. The van der Waals surface area contributed by atoms with Gasteiger partial charge in [-0.3, -0.25) is 5.43 Å². The third kappa shape index (κ3) is 6.30. The summed E-state index contributed by atoms with van der Waals surface area (Å²) in [6, 6.07) is 10.3. The number of ether oxygens (including phenoxy) is 4. The molecule has 0 saturated carbocycles. The molecule has 14 heteroatoms. The van der Waals surface area contributed by atoms with Crippen molar-refractivity contribution in [2.75, 3.05) is 6.61 Å². The number of pyridine rings is 1. The lowest BCUT2D eigenvalue weighted by Gasteiger charge is -2.48. The normalized spacial score (nSPS) is 26.7. The van der Waals surface area contributed by atoms with Gasteiger partial charge in [0.15, 0.2) is 12.1 Å². The number of aromatic nitrogens is 4. The van der Waals surface area contributed by atoms with Gasteiger partial charge in [-0.15, -0.1) is 0 Å². The molecule has 0 spiro atoms. The van der Waals surface area contributed by atoms with Gasteiger partial charge < -0.3 is 24.1 Å². The number of benzene rings is 1. The molecule has 2 aliphatic rings. The van der Waals surface area contributed by atoms with Crippen molar-refractivity contribution in [1.82, 2.24) is 30.6 Å². The monoisotopic (exact) mass is 636 g/mol. The molecule has 4 heterocycles. The predicted octanol–water partition coefficient (Wildman–Crippen LogP) is 3.70. The number of amides is 1. The van der Waals surface area contributed by atoms with E-state index in [4.69, 9.17) is 30.5 Å². The zero-order valence-electron chi connectivity index (χ0n) is 22.2. The summed E-state index contributed by atoms with van der Waals surface area (Å²) in [5.74, 6) is 0.765. The van der Waals surface area contributed by atoms with Gasteiger partial charge in [0.2, 0.25) is 0 Å². The van der Waals surface area contributed by atoms with Crippen LogP contribution in [-0.4, -0.2) is 67.5 Å². The summed E-state index contributed by atoms with van der Waals surface area (Å²) in [7, 11) is 0. The summed E-state index contributed by atoms with van der Waals surface area (Å²) in [5.41, 5.74) is 6.08. The second kappa shape index (κ2) is 11.7. The summed E-state index contributed by atoms with van der Waals surface area (Å²) in [6.07, 6.45) is -3.38. The molecule has 0 aliphatic carbocycles. The van der Waals surface area contributed by atoms with Crippen LogP contribution in [0.15, 0.2) is 47.2 Å². The molecule has 2 fully saturated rings. The number of aliphatic hydroxyl groups is 1. The van der Waals surface area contributed by atoms with E-state index in [0.29, 0.717) is 27.0 Å². The largest absolute Gasteiger partial charge is 0.443 e. The number of rotatable bonds is 5. The second-order valence-electron chi connectivity index (χ2n) is 10.5. The van der Waals surface area contributed by atoms with Crippen LogP contribution in [0.1, 0.15) is 50.4 Å². The van der Waals surface area contributed by atoms with E-state index in [0.717, 1.165) is 5.56 Å². The third-order valence-electron chi connectivity index (χ3n) is 6.24. The highest BCUT2D eigenvalue weighted by molar-refractivity contribution is 9.10. The highest BCUT2D eigenvalue weighted by Gasteiger charge is 2.51. The zero-order chi connectivity index (χ0) is 28.6. The van der Waals surface area contributed by atoms with E-state index in [-0.39, 0.29) is 6.61 Å². The number of hydrazine groups is 1. The van der Waals surface area contributed by atoms with Crippen molar-refractivity contribution < 1.29 is 28.8 Å². The van der Waals surface area contributed by atoms with Crippen LogP contribution in [0.4, 0.5) is 4.79 Å². The average Bonchev–Trinajstić information content (AvgIpc) is 3.30. The second-order valence-corrected chi connectivity index (χ2v) is 11.6. The van der Waals surface area contributed by atoms with E-state index >= 15 is 0 Å². The number of nitrogens with one attached hydrogen (secondary N) is 2. The Morgan fingerprint density at radius 1 is 1.25 bits per heavy atom. The molecule has 214 valence electrons. The first kappa shape index (κ1) is 28.9. The Labute approximate surface area is 244 Å². The Bertz CT molecular complexity index is 1360. The van der Waals surface area contributed by atoms with E-state index < -0.39 is 48.4 Å². The summed E-state index contributed by atoms with van der Waals surface area (Å²) < 4.78 is 26.0. The van der Waals surface area contributed by atoms with E-state index in [1.54, 1.807) is 40.0 Å². The molecule has 0 bridgehead atoms. The van der Waals surface area contributed by atoms with Gasteiger partial charge in [0.25, 0.3) is 0 Å². The van der Waals surface area contributed by atoms with Crippen molar-refractivity contribution in [3.05, 3.63) is 69.4 Å². The van der Waals surface area contributed by atoms with Crippen LogP contribution in [0.5, 0.6) is 0 Å². The molecule has 2 aliphatic heterocycles.